The van der Waals surface area contributed by atoms with E-state index in [0.29, 0.717) is 5.69 Å². The number of carbonyl (C=O) groups is 1. The van der Waals surface area contributed by atoms with Crippen LogP contribution < -0.4 is 0 Å². The molecule has 0 saturated heterocycles. The lowest BCUT2D eigenvalue weighted by atomic mass is 9.96. The number of hydrogen-bond donors (Lipinski definition) is 0. The fourth-order valence-corrected chi connectivity index (χ4v) is 1.94. The van der Waals surface area contributed by atoms with Crippen LogP contribution in [-0.4, -0.2) is 12.0 Å². The van der Waals surface area contributed by atoms with Crippen molar-refractivity contribution in [2.75, 3.05) is 0 Å². The topological polar surface area (TPSA) is 29.4 Å². The van der Waals surface area contributed by atoms with E-state index in [1.54, 1.807) is 6.92 Å². The van der Waals surface area contributed by atoms with Gasteiger partial charge in [0.15, 0.2) is 11.6 Å². The van der Waals surface area contributed by atoms with E-state index in [2.05, 4.69) is 4.99 Å². The Morgan fingerprint density at radius 2 is 2.13 bits per heavy atom. The molecule has 1 atom stereocenters. The fourth-order valence-electron chi connectivity index (χ4n) is 1.41. The molecule has 2 nitrogen and oxygen atoms in total. The van der Waals surface area contributed by atoms with Crippen LogP contribution in [0.3, 0.4) is 0 Å². The van der Waals surface area contributed by atoms with Gasteiger partial charge in [0.1, 0.15) is 0 Å². The monoisotopic (exact) mass is 245 g/mol. The van der Waals surface area contributed by atoms with Gasteiger partial charge in [0.2, 0.25) is 0 Å². The van der Waals surface area contributed by atoms with Crippen LogP contribution in [0.4, 0.5) is 10.1 Å². The van der Waals surface area contributed by atoms with Gasteiger partial charge in [0.25, 0.3) is 0 Å². The summed E-state index contributed by atoms with van der Waals surface area (Å²) in [7, 11) is 0. The Morgan fingerprint density at radius 3 is 2.80 bits per heavy atom. The molecule has 0 spiro atoms. The lowest BCUT2D eigenvalue weighted by Crippen LogP contribution is -2.17. The van der Waals surface area contributed by atoms with E-state index < -0.39 is 5.82 Å². The smallest absolute Gasteiger partial charge is 0.174 e. The highest BCUT2D eigenvalue weighted by molar-refractivity contribution is 6.38. The van der Waals surface area contributed by atoms with Crippen LogP contribution in [0, 0.1) is 11.7 Å². The van der Waals surface area contributed by atoms with Gasteiger partial charge in [0, 0.05) is 6.21 Å². The number of rotatable bonds is 0. The van der Waals surface area contributed by atoms with Gasteiger partial charge in [-0.25, -0.2) is 4.39 Å². The summed E-state index contributed by atoms with van der Waals surface area (Å²) in [6.07, 6.45) is 1.50. The average molecular weight is 246 g/mol. The Balaban J connectivity index is 2.75. The molecule has 0 bridgehead atoms. The SMILES string of the molecule is CC1C=Nc2cc(Cl)c(F)c(Cl)c2C1=O. The number of carbonyl (C=O) groups excluding carboxylic acids is 1. The lowest BCUT2D eigenvalue weighted by molar-refractivity contribution is 0.0962. The second kappa shape index (κ2) is 3.58. The van der Waals surface area contributed by atoms with Crippen LogP contribution in [0.5, 0.6) is 0 Å². The number of fused-ring (bicyclic) bond motifs is 1. The van der Waals surface area contributed by atoms with E-state index in [0.717, 1.165) is 0 Å². The number of Topliss-reactive ketones (excluding diaryl/α,β-unsaturated/α-hetero) is 1. The van der Waals surface area contributed by atoms with Crippen molar-refractivity contribution >= 4 is 40.9 Å². The van der Waals surface area contributed by atoms with E-state index in [1.807, 2.05) is 0 Å². The Bertz CT molecular complexity index is 485. The summed E-state index contributed by atoms with van der Waals surface area (Å²) in [6.45, 7) is 1.68. The molecule has 0 radical (unpaired) electrons. The van der Waals surface area contributed by atoms with Crippen molar-refractivity contribution in [3.05, 3.63) is 27.5 Å². The highest BCUT2D eigenvalue weighted by atomic mass is 35.5. The maximum atomic E-state index is 13.4. The number of ketones is 1. The summed E-state index contributed by atoms with van der Waals surface area (Å²) in [4.78, 5) is 15.7. The predicted octanol–water partition coefficient (Wildman–Crippen LogP) is 3.67. The molecule has 1 aliphatic heterocycles. The van der Waals surface area contributed by atoms with Crippen LogP contribution in [0.15, 0.2) is 11.1 Å². The highest BCUT2D eigenvalue weighted by Crippen LogP contribution is 2.37. The minimum atomic E-state index is -0.769. The molecule has 0 N–H and O–H groups in total. The molecule has 0 fully saturated rings. The van der Waals surface area contributed by atoms with E-state index in [9.17, 15) is 9.18 Å². The minimum Gasteiger partial charge on any atom is -0.293 e. The Morgan fingerprint density at radius 1 is 1.47 bits per heavy atom. The molecule has 15 heavy (non-hydrogen) atoms. The number of hydrogen-bond acceptors (Lipinski definition) is 2. The average Bonchev–Trinajstić information content (AvgIpc) is 2.20. The molecule has 1 aliphatic rings. The Kier molecular flexibility index (Phi) is 2.52. The van der Waals surface area contributed by atoms with Gasteiger partial charge in [-0.3, -0.25) is 9.79 Å². The maximum absolute atomic E-state index is 13.4. The van der Waals surface area contributed by atoms with Crippen molar-refractivity contribution in [1.82, 2.24) is 0 Å². The van der Waals surface area contributed by atoms with Crippen molar-refractivity contribution < 1.29 is 9.18 Å². The lowest BCUT2D eigenvalue weighted by Gasteiger charge is -2.15. The highest BCUT2D eigenvalue weighted by Gasteiger charge is 2.27. The summed E-state index contributed by atoms with van der Waals surface area (Å²) in [6, 6.07) is 1.30. The quantitative estimate of drug-likeness (QED) is 0.642. The van der Waals surface area contributed by atoms with Gasteiger partial charge < -0.3 is 0 Å². The minimum absolute atomic E-state index is 0.119. The maximum Gasteiger partial charge on any atom is 0.174 e. The molecule has 1 heterocycles. The zero-order valence-electron chi connectivity index (χ0n) is 7.72. The fraction of sp³-hybridized carbons (Fsp3) is 0.200. The van der Waals surface area contributed by atoms with Crippen LogP contribution >= 0.6 is 23.2 Å². The zero-order valence-corrected chi connectivity index (χ0v) is 9.23. The normalized spacial score (nSPS) is 19.2. The van der Waals surface area contributed by atoms with Crippen LogP contribution in [-0.2, 0) is 0 Å². The molecule has 0 saturated carbocycles. The molecule has 78 valence electrons. The van der Waals surface area contributed by atoms with E-state index in [4.69, 9.17) is 23.2 Å². The van der Waals surface area contributed by atoms with Crippen molar-refractivity contribution in [2.24, 2.45) is 10.9 Å². The first-order valence-corrected chi connectivity index (χ1v) is 5.04. The zero-order chi connectivity index (χ0) is 11.2. The summed E-state index contributed by atoms with van der Waals surface area (Å²) in [5.74, 6) is -1.38. The molecule has 1 unspecified atom stereocenters. The van der Waals surface area contributed by atoms with E-state index >= 15 is 0 Å². The van der Waals surface area contributed by atoms with Crippen molar-refractivity contribution in [1.29, 1.82) is 0 Å². The summed E-state index contributed by atoms with van der Waals surface area (Å²) < 4.78 is 13.4. The first-order chi connectivity index (χ1) is 7.02. The number of nitrogens with zero attached hydrogens (tertiary/aromatic N) is 1. The van der Waals surface area contributed by atoms with Crippen LogP contribution in [0.25, 0.3) is 0 Å². The van der Waals surface area contributed by atoms with Gasteiger partial charge in [0.05, 0.1) is 27.2 Å². The van der Waals surface area contributed by atoms with Gasteiger partial charge in [-0.2, -0.15) is 0 Å². The van der Waals surface area contributed by atoms with Gasteiger partial charge >= 0.3 is 0 Å². The molecule has 0 aromatic heterocycles. The molecule has 2 rings (SSSR count). The summed E-state index contributed by atoms with van der Waals surface area (Å²) in [5.41, 5.74) is 0.447. The number of halogens is 3. The molecule has 0 amide bonds. The van der Waals surface area contributed by atoms with Crippen molar-refractivity contribution in [3.63, 3.8) is 0 Å². The van der Waals surface area contributed by atoms with Gasteiger partial charge in [-0.05, 0) is 6.07 Å². The number of aliphatic imine (C=N–C) groups is 1. The van der Waals surface area contributed by atoms with Crippen LogP contribution in [0.2, 0.25) is 10.0 Å². The summed E-state index contributed by atoms with van der Waals surface area (Å²) >= 11 is 11.3. The van der Waals surface area contributed by atoms with Crippen molar-refractivity contribution in [2.45, 2.75) is 6.92 Å². The summed E-state index contributed by atoms with van der Waals surface area (Å²) in [5, 5.41) is -0.371. The molecule has 1 aromatic rings. The second-order valence-electron chi connectivity index (χ2n) is 3.31. The first kappa shape index (κ1) is 10.6. The Labute approximate surface area is 95.7 Å². The molecular weight excluding hydrogens is 240 g/mol. The van der Waals surface area contributed by atoms with E-state index in [1.165, 1.54) is 12.3 Å². The molecule has 5 heteroatoms. The van der Waals surface area contributed by atoms with Gasteiger partial charge in [-0.1, -0.05) is 30.1 Å². The van der Waals surface area contributed by atoms with Crippen molar-refractivity contribution in [3.8, 4) is 0 Å². The molecule has 0 aliphatic carbocycles. The predicted molar refractivity (Wildman–Crippen MR) is 58.1 cm³/mol. The first-order valence-electron chi connectivity index (χ1n) is 4.28. The second-order valence-corrected chi connectivity index (χ2v) is 4.10. The molecule has 1 aromatic carbocycles. The third-order valence-corrected chi connectivity index (χ3v) is 2.87. The Hall–Kier alpha value is -0.930. The van der Waals surface area contributed by atoms with Crippen LogP contribution in [0.1, 0.15) is 17.3 Å². The largest absolute Gasteiger partial charge is 0.293 e. The van der Waals surface area contributed by atoms with E-state index in [-0.39, 0.29) is 27.3 Å². The van der Waals surface area contributed by atoms with Gasteiger partial charge in [-0.15, -0.1) is 0 Å². The molecular formula is C10H6Cl2FNO. The standard InChI is InChI=1S/C10H6Cl2FNO/c1-4-3-14-6-2-5(11)9(13)8(12)7(6)10(4)15/h2-4H,1H3. The third kappa shape index (κ3) is 1.56. The number of benzene rings is 1. The third-order valence-electron chi connectivity index (χ3n) is 2.24.